The van der Waals surface area contributed by atoms with Crippen LogP contribution in [0.25, 0.3) is 0 Å². The summed E-state index contributed by atoms with van der Waals surface area (Å²) in [7, 11) is 0. The molecule has 3 nitrogen and oxygen atoms in total. The number of pyridine rings is 1. The first-order valence-electron chi connectivity index (χ1n) is 10.5. The van der Waals surface area contributed by atoms with E-state index < -0.39 is 0 Å². The number of benzene rings is 2. The molecule has 0 saturated carbocycles. The zero-order valence-electron chi connectivity index (χ0n) is 17.8. The molecule has 2 aromatic carbocycles. The van der Waals surface area contributed by atoms with Crippen molar-refractivity contribution in [3.63, 3.8) is 0 Å². The first-order chi connectivity index (χ1) is 14.6. The van der Waals surface area contributed by atoms with Crippen molar-refractivity contribution in [1.29, 1.82) is 0 Å². The van der Waals surface area contributed by atoms with Gasteiger partial charge in [0.25, 0.3) is 0 Å². The third-order valence-electron chi connectivity index (χ3n) is 5.14. The van der Waals surface area contributed by atoms with Crippen LogP contribution in [-0.2, 0) is 11.8 Å². The molecule has 1 aromatic heterocycles. The van der Waals surface area contributed by atoms with Crippen LogP contribution in [0.15, 0.2) is 72.8 Å². The molecule has 0 bridgehead atoms. The first kappa shape index (κ1) is 21.5. The van der Waals surface area contributed by atoms with Crippen LogP contribution in [0.2, 0.25) is 0 Å². The molecule has 0 amide bonds. The maximum atomic E-state index is 5.93. The number of aromatic nitrogens is 1. The molecule has 0 N–H and O–H groups in total. The largest absolute Gasteiger partial charge is 0.494 e. The third kappa shape index (κ3) is 5.87. The second kappa shape index (κ2) is 10.5. The van der Waals surface area contributed by atoms with E-state index in [0.29, 0.717) is 5.88 Å². The van der Waals surface area contributed by atoms with E-state index >= 15 is 0 Å². The van der Waals surface area contributed by atoms with E-state index in [1.807, 2.05) is 60.7 Å². The molecule has 154 valence electrons. The van der Waals surface area contributed by atoms with Gasteiger partial charge in [0.15, 0.2) is 0 Å². The van der Waals surface area contributed by atoms with Crippen molar-refractivity contribution in [2.24, 2.45) is 0 Å². The van der Waals surface area contributed by atoms with E-state index in [0.717, 1.165) is 55.0 Å². The standard InChI is InChI=1S/C27H29NO2/c1-4-21-29-24-18-16-22(17-19-24)27(3,5-2)20-10-12-23-11-9-15-26(28-23)30-25-13-7-6-8-14-25/h2,6-9,11,13-19H,4,10,12,20-21H2,1,3H3. The van der Waals surface area contributed by atoms with Crippen LogP contribution >= 0.6 is 0 Å². The van der Waals surface area contributed by atoms with Crippen molar-refractivity contribution < 1.29 is 9.47 Å². The van der Waals surface area contributed by atoms with Gasteiger partial charge in [-0.15, -0.1) is 6.42 Å². The highest BCUT2D eigenvalue weighted by atomic mass is 16.5. The lowest BCUT2D eigenvalue weighted by Crippen LogP contribution is -2.19. The molecule has 1 heterocycles. The number of terminal acetylenes is 1. The molecule has 0 aliphatic rings. The highest BCUT2D eigenvalue weighted by Crippen LogP contribution is 2.30. The fourth-order valence-electron chi connectivity index (χ4n) is 3.32. The zero-order valence-corrected chi connectivity index (χ0v) is 17.8. The predicted octanol–water partition coefficient (Wildman–Crippen LogP) is 6.58. The Morgan fingerprint density at radius 3 is 2.40 bits per heavy atom. The van der Waals surface area contributed by atoms with Crippen LogP contribution in [0.3, 0.4) is 0 Å². The van der Waals surface area contributed by atoms with Crippen molar-refractivity contribution >= 4 is 0 Å². The molecular weight excluding hydrogens is 370 g/mol. The SMILES string of the molecule is C#CC(C)(CCCc1cccc(Oc2ccccc2)n1)c1ccc(OCCC)cc1. The minimum absolute atomic E-state index is 0.318. The lowest BCUT2D eigenvalue weighted by atomic mass is 9.79. The summed E-state index contributed by atoms with van der Waals surface area (Å²) in [4.78, 5) is 4.64. The fraction of sp³-hybridized carbons (Fsp3) is 0.296. The van der Waals surface area contributed by atoms with Gasteiger partial charge >= 0.3 is 0 Å². The van der Waals surface area contributed by atoms with E-state index in [2.05, 4.69) is 36.9 Å². The Kier molecular flexibility index (Phi) is 7.51. The molecule has 0 radical (unpaired) electrons. The number of ether oxygens (including phenoxy) is 2. The zero-order chi connectivity index (χ0) is 21.2. The summed E-state index contributed by atoms with van der Waals surface area (Å²) in [5.41, 5.74) is 1.83. The second-order valence-corrected chi connectivity index (χ2v) is 7.59. The van der Waals surface area contributed by atoms with Gasteiger partial charge < -0.3 is 9.47 Å². The number of hydrogen-bond donors (Lipinski definition) is 0. The van der Waals surface area contributed by atoms with Crippen molar-refractivity contribution in [3.05, 3.63) is 84.1 Å². The molecule has 0 aliphatic carbocycles. The highest BCUT2D eigenvalue weighted by Gasteiger charge is 2.23. The van der Waals surface area contributed by atoms with Gasteiger partial charge in [0.05, 0.1) is 12.0 Å². The van der Waals surface area contributed by atoms with E-state index in [1.54, 1.807) is 0 Å². The van der Waals surface area contributed by atoms with Gasteiger partial charge in [-0.3, -0.25) is 0 Å². The fourth-order valence-corrected chi connectivity index (χ4v) is 3.32. The quantitative estimate of drug-likeness (QED) is 0.361. The van der Waals surface area contributed by atoms with Gasteiger partial charge in [0.1, 0.15) is 11.5 Å². The molecule has 0 spiro atoms. The van der Waals surface area contributed by atoms with Crippen molar-refractivity contribution in [2.45, 2.75) is 44.9 Å². The summed E-state index contributed by atoms with van der Waals surface area (Å²) in [6.07, 6.45) is 9.59. The Morgan fingerprint density at radius 1 is 0.933 bits per heavy atom. The number of rotatable bonds is 10. The number of aryl methyl sites for hydroxylation is 1. The molecule has 3 aromatic rings. The Labute approximate surface area is 180 Å². The first-order valence-corrected chi connectivity index (χ1v) is 10.5. The van der Waals surface area contributed by atoms with E-state index in [9.17, 15) is 0 Å². The molecule has 3 rings (SSSR count). The summed E-state index contributed by atoms with van der Waals surface area (Å²) in [6, 6.07) is 23.8. The van der Waals surface area contributed by atoms with Crippen LogP contribution in [0, 0.1) is 12.3 Å². The summed E-state index contributed by atoms with van der Waals surface area (Å²) >= 11 is 0. The van der Waals surface area contributed by atoms with E-state index in [-0.39, 0.29) is 5.41 Å². The lowest BCUT2D eigenvalue weighted by molar-refractivity contribution is 0.317. The minimum Gasteiger partial charge on any atom is -0.494 e. The summed E-state index contributed by atoms with van der Waals surface area (Å²) in [6.45, 7) is 4.95. The molecule has 0 aliphatic heterocycles. The Balaban J connectivity index is 1.59. The van der Waals surface area contributed by atoms with E-state index in [1.165, 1.54) is 0 Å². The van der Waals surface area contributed by atoms with Gasteiger partial charge in [0, 0.05) is 11.8 Å². The van der Waals surface area contributed by atoms with Crippen molar-refractivity contribution in [3.8, 4) is 29.7 Å². The molecule has 1 atom stereocenters. The number of nitrogens with zero attached hydrogens (tertiary/aromatic N) is 1. The van der Waals surface area contributed by atoms with Gasteiger partial charge in [-0.2, -0.15) is 0 Å². The molecule has 3 heteroatoms. The van der Waals surface area contributed by atoms with Crippen LogP contribution in [0.5, 0.6) is 17.4 Å². The molecule has 0 fully saturated rings. The molecule has 30 heavy (non-hydrogen) atoms. The van der Waals surface area contributed by atoms with Gasteiger partial charge in [-0.25, -0.2) is 4.98 Å². The summed E-state index contributed by atoms with van der Waals surface area (Å²) < 4.78 is 11.5. The van der Waals surface area contributed by atoms with Crippen molar-refractivity contribution in [1.82, 2.24) is 4.98 Å². The van der Waals surface area contributed by atoms with Crippen LogP contribution in [0.4, 0.5) is 0 Å². The summed E-state index contributed by atoms with van der Waals surface area (Å²) in [5.74, 6) is 5.29. The maximum Gasteiger partial charge on any atom is 0.219 e. The summed E-state index contributed by atoms with van der Waals surface area (Å²) in [5, 5.41) is 0. The number of para-hydroxylation sites is 1. The normalized spacial score (nSPS) is 12.6. The number of hydrogen-bond acceptors (Lipinski definition) is 3. The monoisotopic (exact) mass is 399 g/mol. The Bertz CT molecular complexity index is 960. The van der Waals surface area contributed by atoms with Crippen LogP contribution in [-0.4, -0.2) is 11.6 Å². The van der Waals surface area contributed by atoms with Crippen LogP contribution in [0.1, 0.15) is 44.4 Å². The lowest BCUT2D eigenvalue weighted by Gasteiger charge is -2.24. The Hall–Kier alpha value is -3.25. The predicted molar refractivity (Wildman–Crippen MR) is 122 cm³/mol. The van der Waals surface area contributed by atoms with Gasteiger partial charge in [-0.1, -0.05) is 49.2 Å². The average Bonchev–Trinajstić information content (AvgIpc) is 2.79. The smallest absolute Gasteiger partial charge is 0.219 e. The maximum absolute atomic E-state index is 5.93. The van der Waals surface area contributed by atoms with Crippen LogP contribution < -0.4 is 9.47 Å². The topological polar surface area (TPSA) is 31.4 Å². The molecular formula is C27H29NO2. The van der Waals surface area contributed by atoms with E-state index in [4.69, 9.17) is 15.9 Å². The Morgan fingerprint density at radius 2 is 1.70 bits per heavy atom. The molecule has 1 unspecified atom stereocenters. The van der Waals surface area contributed by atoms with Gasteiger partial charge in [-0.05, 0) is 68.5 Å². The average molecular weight is 400 g/mol. The van der Waals surface area contributed by atoms with Crippen molar-refractivity contribution in [2.75, 3.05) is 6.61 Å². The highest BCUT2D eigenvalue weighted by molar-refractivity contribution is 5.37. The third-order valence-corrected chi connectivity index (χ3v) is 5.14. The molecule has 0 saturated heterocycles. The second-order valence-electron chi connectivity index (χ2n) is 7.59. The van der Waals surface area contributed by atoms with Gasteiger partial charge in [0.2, 0.25) is 5.88 Å². The minimum atomic E-state index is -0.318.